The van der Waals surface area contributed by atoms with Crippen LogP contribution in [0.15, 0.2) is 24.4 Å². The van der Waals surface area contributed by atoms with E-state index in [1.54, 1.807) is 12.3 Å². The molecule has 2 N–H and O–H groups in total. The van der Waals surface area contributed by atoms with Crippen LogP contribution < -0.4 is 15.5 Å². The summed E-state index contributed by atoms with van der Waals surface area (Å²) in [5, 5.41) is 11.1. The fourth-order valence-electron chi connectivity index (χ4n) is 3.42. The highest BCUT2D eigenvalue weighted by molar-refractivity contribution is 6.31. The Hall–Kier alpha value is -1.93. The first-order valence-electron chi connectivity index (χ1n) is 8.54. The predicted octanol–water partition coefficient (Wildman–Crippen LogP) is 3.45. The standard InChI is InChI=1S/C17H19ClF3N5/c18-12-7-11(1-2-13(12)19)24-16-10-26-15(8-22-16)14(9-23-26)25-5-3-17(20,21)4-6-25/h1-2,7,9,16,22,24H,3-6,8,10H2. The van der Waals surface area contributed by atoms with Gasteiger partial charge in [-0.1, -0.05) is 11.6 Å². The normalized spacial score (nSPS) is 22.2. The van der Waals surface area contributed by atoms with E-state index in [-0.39, 0.29) is 24.0 Å². The first-order valence-corrected chi connectivity index (χ1v) is 8.91. The van der Waals surface area contributed by atoms with Crippen LogP contribution in [0.1, 0.15) is 18.5 Å². The van der Waals surface area contributed by atoms with E-state index in [1.165, 1.54) is 12.1 Å². The summed E-state index contributed by atoms with van der Waals surface area (Å²) in [5.41, 5.74) is 2.62. The molecule has 1 unspecified atom stereocenters. The van der Waals surface area contributed by atoms with Gasteiger partial charge >= 0.3 is 0 Å². The number of anilines is 2. The van der Waals surface area contributed by atoms with Crippen molar-refractivity contribution in [3.8, 4) is 0 Å². The molecule has 4 rings (SSSR count). The number of fused-ring (bicyclic) bond motifs is 1. The van der Waals surface area contributed by atoms with E-state index in [4.69, 9.17) is 11.6 Å². The van der Waals surface area contributed by atoms with E-state index < -0.39 is 11.7 Å². The largest absolute Gasteiger partial charge is 0.368 e. The molecule has 0 radical (unpaired) electrons. The molecular weight excluding hydrogens is 367 g/mol. The topological polar surface area (TPSA) is 45.1 Å². The minimum atomic E-state index is -2.56. The molecule has 26 heavy (non-hydrogen) atoms. The molecule has 1 fully saturated rings. The molecule has 2 aromatic rings. The van der Waals surface area contributed by atoms with Crippen molar-refractivity contribution in [1.82, 2.24) is 15.1 Å². The van der Waals surface area contributed by atoms with Gasteiger partial charge in [0.05, 0.1) is 35.3 Å². The Morgan fingerprint density at radius 3 is 2.77 bits per heavy atom. The average molecular weight is 386 g/mol. The van der Waals surface area contributed by atoms with Gasteiger partial charge in [-0.2, -0.15) is 5.10 Å². The quantitative estimate of drug-likeness (QED) is 0.849. The van der Waals surface area contributed by atoms with Gasteiger partial charge in [-0.15, -0.1) is 0 Å². The van der Waals surface area contributed by atoms with Crippen molar-refractivity contribution in [2.24, 2.45) is 0 Å². The molecule has 2 aliphatic rings. The van der Waals surface area contributed by atoms with Crippen LogP contribution in [-0.4, -0.2) is 35.0 Å². The number of hydrogen-bond acceptors (Lipinski definition) is 4. The van der Waals surface area contributed by atoms with Gasteiger partial charge in [0.1, 0.15) is 5.82 Å². The van der Waals surface area contributed by atoms with E-state index in [0.29, 0.717) is 31.9 Å². The Kier molecular flexibility index (Phi) is 4.48. The van der Waals surface area contributed by atoms with E-state index in [0.717, 1.165) is 11.4 Å². The fourth-order valence-corrected chi connectivity index (χ4v) is 3.60. The second-order valence-electron chi connectivity index (χ2n) is 6.71. The number of halogens is 4. The van der Waals surface area contributed by atoms with Crippen LogP contribution in [0.4, 0.5) is 24.5 Å². The summed E-state index contributed by atoms with van der Waals surface area (Å²) in [5.74, 6) is -3.02. The molecule has 3 heterocycles. The van der Waals surface area contributed by atoms with Crippen LogP contribution in [0.2, 0.25) is 5.02 Å². The first-order chi connectivity index (χ1) is 12.4. The summed E-state index contributed by atoms with van der Waals surface area (Å²) in [6, 6.07) is 4.48. The van der Waals surface area contributed by atoms with Crippen molar-refractivity contribution >= 4 is 23.0 Å². The summed E-state index contributed by atoms with van der Waals surface area (Å²) in [6.07, 6.45) is 1.40. The third-order valence-corrected chi connectivity index (χ3v) is 5.18. The minimum Gasteiger partial charge on any atom is -0.368 e. The zero-order valence-electron chi connectivity index (χ0n) is 14.0. The maximum absolute atomic E-state index is 13.4. The average Bonchev–Trinajstić information content (AvgIpc) is 3.01. The van der Waals surface area contributed by atoms with Gasteiger partial charge in [0.25, 0.3) is 5.92 Å². The van der Waals surface area contributed by atoms with Crippen molar-refractivity contribution in [2.45, 2.75) is 38.0 Å². The second kappa shape index (κ2) is 6.66. The molecule has 1 aromatic heterocycles. The summed E-state index contributed by atoms with van der Waals surface area (Å²) >= 11 is 5.81. The van der Waals surface area contributed by atoms with Crippen molar-refractivity contribution in [1.29, 1.82) is 0 Å². The maximum Gasteiger partial charge on any atom is 0.251 e. The highest BCUT2D eigenvalue weighted by Gasteiger charge is 2.35. The number of nitrogens with one attached hydrogen (secondary N) is 2. The molecule has 0 bridgehead atoms. The smallest absolute Gasteiger partial charge is 0.251 e. The van der Waals surface area contributed by atoms with Gasteiger partial charge < -0.3 is 10.2 Å². The van der Waals surface area contributed by atoms with E-state index in [1.807, 2.05) is 9.58 Å². The van der Waals surface area contributed by atoms with E-state index >= 15 is 0 Å². The Morgan fingerprint density at radius 2 is 2.04 bits per heavy atom. The number of hydrogen-bond donors (Lipinski definition) is 2. The lowest BCUT2D eigenvalue weighted by Crippen LogP contribution is -2.45. The zero-order valence-corrected chi connectivity index (χ0v) is 14.7. The minimum absolute atomic E-state index is 0.0646. The zero-order chi connectivity index (χ0) is 18.3. The number of rotatable bonds is 3. The summed E-state index contributed by atoms with van der Waals surface area (Å²) in [6.45, 7) is 1.80. The molecule has 0 amide bonds. The molecule has 5 nitrogen and oxygen atoms in total. The SMILES string of the molecule is Fc1ccc(NC2Cn3ncc(N4CCC(F)(F)CC4)c3CN2)cc1Cl. The second-order valence-corrected chi connectivity index (χ2v) is 7.12. The molecule has 0 aliphatic carbocycles. The van der Waals surface area contributed by atoms with E-state index in [2.05, 4.69) is 15.7 Å². The van der Waals surface area contributed by atoms with Gasteiger partial charge in [0.2, 0.25) is 0 Å². The monoisotopic (exact) mass is 385 g/mol. The molecule has 140 valence electrons. The number of aromatic nitrogens is 2. The third-order valence-electron chi connectivity index (χ3n) is 4.89. The Balaban J connectivity index is 1.44. The van der Waals surface area contributed by atoms with Crippen LogP contribution in [0, 0.1) is 5.82 Å². The molecule has 1 atom stereocenters. The van der Waals surface area contributed by atoms with Gasteiger partial charge in [-0.25, -0.2) is 13.2 Å². The van der Waals surface area contributed by atoms with Crippen LogP contribution in [0.25, 0.3) is 0 Å². The van der Waals surface area contributed by atoms with Crippen LogP contribution >= 0.6 is 11.6 Å². The van der Waals surface area contributed by atoms with Gasteiger partial charge in [-0.05, 0) is 18.2 Å². The first kappa shape index (κ1) is 17.5. The molecule has 1 aromatic carbocycles. The van der Waals surface area contributed by atoms with Gasteiger partial charge in [0, 0.05) is 38.2 Å². The highest BCUT2D eigenvalue weighted by atomic mass is 35.5. The van der Waals surface area contributed by atoms with Crippen molar-refractivity contribution < 1.29 is 13.2 Å². The Labute approximate surface area is 154 Å². The number of nitrogens with zero attached hydrogens (tertiary/aromatic N) is 3. The molecule has 9 heteroatoms. The summed E-state index contributed by atoms with van der Waals surface area (Å²) in [7, 11) is 0. The number of alkyl halides is 2. The van der Waals surface area contributed by atoms with Gasteiger partial charge in [-0.3, -0.25) is 10.00 Å². The maximum atomic E-state index is 13.4. The lowest BCUT2D eigenvalue weighted by Gasteiger charge is -2.34. The fraction of sp³-hybridized carbons (Fsp3) is 0.471. The molecule has 0 saturated carbocycles. The van der Waals surface area contributed by atoms with Crippen LogP contribution in [-0.2, 0) is 13.1 Å². The third kappa shape index (κ3) is 3.48. The van der Waals surface area contributed by atoms with Crippen LogP contribution in [0.5, 0.6) is 0 Å². The van der Waals surface area contributed by atoms with Crippen LogP contribution in [0.3, 0.4) is 0 Å². The van der Waals surface area contributed by atoms with E-state index in [9.17, 15) is 13.2 Å². The van der Waals surface area contributed by atoms with Crippen molar-refractivity contribution in [3.05, 3.63) is 40.9 Å². The molecule has 2 aliphatic heterocycles. The predicted molar refractivity (Wildman–Crippen MR) is 94.3 cm³/mol. The lowest BCUT2D eigenvalue weighted by atomic mass is 10.1. The molecule has 0 spiro atoms. The number of piperidine rings is 1. The van der Waals surface area contributed by atoms with Crippen molar-refractivity contribution in [3.63, 3.8) is 0 Å². The Morgan fingerprint density at radius 1 is 1.27 bits per heavy atom. The summed E-state index contributed by atoms with van der Waals surface area (Å²) < 4.78 is 41.9. The summed E-state index contributed by atoms with van der Waals surface area (Å²) in [4.78, 5) is 1.98. The molecular formula is C17H19ClF3N5. The molecule has 1 saturated heterocycles. The van der Waals surface area contributed by atoms with Gasteiger partial charge in [0.15, 0.2) is 0 Å². The van der Waals surface area contributed by atoms with Crippen molar-refractivity contribution in [2.75, 3.05) is 23.3 Å². The number of benzene rings is 1. The lowest BCUT2D eigenvalue weighted by molar-refractivity contribution is -0.0220. The highest BCUT2D eigenvalue weighted by Crippen LogP contribution is 2.32. The Bertz CT molecular complexity index is 800.